The van der Waals surface area contributed by atoms with Crippen molar-refractivity contribution < 1.29 is 19.5 Å². The van der Waals surface area contributed by atoms with E-state index in [0.29, 0.717) is 12.8 Å². The Labute approximate surface area is 155 Å². The first-order chi connectivity index (χ1) is 12.3. The third-order valence-corrected chi connectivity index (χ3v) is 5.14. The molecule has 1 aliphatic carbocycles. The number of imide groups is 1. The van der Waals surface area contributed by atoms with Gasteiger partial charge in [-0.05, 0) is 59.3 Å². The van der Waals surface area contributed by atoms with Crippen LogP contribution in [0.5, 0.6) is 0 Å². The van der Waals surface area contributed by atoms with E-state index in [1.54, 1.807) is 0 Å². The molecule has 2 amide bonds. The van der Waals surface area contributed by atoms with Gasteiger partial charge < -0.3 is 5.11 Å². The van der Waals surface area contributed by atoms with E-state index < -0.39 is 12.5 Å². The SMILES string of the molecule is CC(C)=CCC/C(C)=C\CCC1=CCC2C(=O)N(CC(=O)O)C(=O)C2C1. The fraction of sp³-hybridized carbons (Fsp3) is 0.571. The monoisotopic (exact) mass is 359 g/mol. The third kappa shape index (κ3) is 5.16. The van der Waals surface area contributed by atoms with E-state index in [4.69, 9.17) is 5.11 Å². The summed E-state index contributed by atoms with van der Waals surface area (Å²) in [5, 5.41) is 8.89. The summed E-state index contributed by atoms with van der Waals surface area (Å²) in [4.78, 5) is 36.4. The smallest absolute Gasteiger partial charge is 0.323 e. The molecule has 2 aliphatic rings. The number of aliphatic carboxylic acids is 1. The summed E-state index contributed by atoms with van der Waals surface area (Å²) in [5.74, 6) is -2.53. The number of likely N-dealkylation sites (tertiary alicyclic amines) is 1. The number of carbonyl (C=O) groups excluding carboxylic acids is 2. The van der Waals surface area contributed by atoms with Gasteiger partial charge in [0.05, 0.1) is 11.8 Å². The standard InChI is InChI=1S/C21H29NO4/c1-14(2)6-4-7-15(3)8-5-9-16-10-11-17-18(12-16)21(26)22(20(17)25)13-19(23)24/h6,8,10,17-18H,4-5,7,9,11-13H2,1-3H3,(H,23,24)/b15-8-. The van der Waals surface area contributed by atoms with Crippen LogP contribution in [0.3, 0.4) is 0 Å². The van der Waals surface area contributed by atoms with E-state index in [2.05, 4.69) is 39.0 Å². The molecule has 0 bridgehead atoms. The lowest BCUT2D eigenvalue weighted by atomic mass is 9.80. The fourth-order valence-electron chi connectivity index (χ4n) is 3.70. The Hall–Kier alpha value is -2.17. The average Bonchev–Trinajstić information content (AvgIpc) is 2.79. The summed E-state index contributed by atoms with van der Waals surface area (Å²) < 4.78 is 0. The van der Waals surface area contributed by atoms with Gasteiger partial charge in [0.15, 0.2) is 0 Å². The predicted octanol–water partition coefficient (Wildman–Crippen LogP) is 3.87. The van der Waals surface area contributed by atoms with Gasteiger partial charge in [-0.15, -0.1) is 0 Å². The van der Waals surface area contributed by atoms with Gasteiger partial charge >= 0.3 is 5.97 Å². The first kappa shape index (κ1) is 20.1. The highest BCUT2D eigenvalue weighted by atomic mass is 16.4. The molecule has 0 aromatic carbocycles. The van der Waals surface area contributed by atoms with Crippen LogP contribution in [0.4, 0.5) is 0 Å². The summed E-state index contributed by atoms with van der Waals surface area (Å²) in [7, 11) is 0. The second-order valence-corrected chi connectivity index (χ2v) is 7.58. The molecule has 26 heavy (non-hydrogen) atoms. The van der Waals surface area contributed by atoms with Crippen LogP contribution >= 0.6 is 0 Å². The molecular formula is C21H29NO4. The van der Waals surface area contributed by atoms with E-state index in [1.807, 2.05) is 0 Å². The zero-order valence-corrected chi connectivity index (χ0v) is 16.0. The molecule has 0 spiro atoms. The number of carboxylic acid groups (broad SMARTS) is 1. The molecule has 1 fully saturated rings. The van der Waals surface area contributed by atoms with Gasteiger partial charge in [0.1, 0.15) is 6.54 Å². The van der Waals surface area contributed by atoms with Crippen molar-refractivity contribution in [3.05, 3.63) is 34.9 Å². The Balaban J connectivity index is 1.86. The number of allylic oxidation sites excluding steroid dienone is 6. The van der Waals surface area contributed by atoms with Crippen LogP contribution in [0.2, 0.25) is 0 Å². The topological polar surface area (TPSA) is 74.7 Å². The van der Waals surface area contributed by atoms with Crippen molar-refractivity contribution in [3.8, 4) is 0 Å². The number of carboxylic acids is 1. The number of hydrogen-bond donors (Lipinski definition) is 1. The van der Waals surface area contributed by atoms with Crippen molar-refractivity contribution in [1.82, 2.24) is 4.90 Å². The van der Waals surface area contributed by atoms with Crippen molar-refractivity contribution in [1.29, 1.82) is 0 Å². The van der Waals surface area contributed by atoms with E-state index >= 15 is 0 Å². The summed E-state index contributed by atoms with van der Waals surface area (Å²) in [5.41, 5.74) is 3.92. The minimum Gasteiger partial charge on any atom is -0.480 e. The Bertz CT molecular complexity index is 667. The molecule has 5 heteroatoms. The number of rotatable bonds is 8. The minimum atomic E-state index is -1.15. The molecule has 2 atom stereocenters. The van der Waals surface area contributed by atoms with E-state index in [9.17, 15) is 14.4 Å². The first-order valence-corrected chi connectivity index (χ1v) is 9.33. The summed E-state index contributed by atoms with van der Waals surface area (Å²) in [6, 6.07) is 0. The second-order valence-electron chi connectivity index (χ2n) is 7.58. The molecule has 0 aromatic rings. The van der Waals surface area contributed by atoms with Crippen LogP contribution in [0.15, 0.2) is 34.9 Å². The van der Waals surface area contributed by atoms with Crippen LogP contribution in [0.1, 0.15) is 59.3 Å². The Morgan fingerprint density at radius 3 is 2.50 bits per heavy atom. The van der Waals surface area contributed by atoms with Crippen LogP contribution in [-0.4, -0.2) is 34.3 Å². The number of amides is 2. The molecule has 1 aliphatic heterocycles. The molecule has 0 radical (unpaired) electrons. The maximum atomic E-state index is 12.4. The number of nitrogens with zero attached hydrogens (tertiary/aromatic N) is 1. The lowest BCUT2D eigenvalue weighted by Crippen LogP contribution is -2.35. The Morgan fingerprint density at radius 2 is 1.85 bits per heavy atom. The number of hydrogen-bond acceptors (Lipinski definition) is 3. The molecule has 2 rings (SSSR count). The van der Waals surface area contributed by atoms with Gasteiger partial charge in [0.2, 0.25) is 11.8 Å². The average molecular weight is 359 g/mol. The van der Waals surface area contributed by atoms with Crippen LogP contribution in [-0.2, 0) is 14.4 Å². The van der Waals surface area contributed by atoms with Crippen molar-refractivity contribution in [2.45, 2.75) is 59.3 Å². The normalized spacial score (nSPS) is 23.0. The largest absolute Gasteiger partial charge is 0.480 e. The van der Waals surface area contributed by atoms with Gasteiger partial charge in [-0.3, -0.25) is 19.3 Å². The van der Waals surface area contributed by atoms with Crippen LogP contribution < -0.4 is 0 Å². The van der Waals surface area contributed by atoms with E-state index in [1.165, 1.54) is 16.7 Å². The fourth-order valence-corrected chi connectivity index (χ4v) is 3.70. The predicted molar refractivity (Wildman–Crippen MR) is 100 cm³/mol. The molecule has 0 saturated carbocycles. The van der Waals surface area contributed by atoms with Crippen LogP contribution in [0, 0.1) is 11.8 Å². The zero-order valence-electron chi connectivity index (χ0n) is 16.0. The lowest BCUT2D eigenvalue weighted by Gasteiger charge is -2.21. The Morgan fingerprint density at radius 1 is 1.15 bits per heavy atom. The highest BCUT2D eigenvalue weighted by Crippen LogP contribution is 2.38. The van der Waals surface area contributed by atoms with Gasteiger partial charge in [0, 0.05) is 0 Å². The van der Waals surface area contributed by atoms with Crippen molar-refractivity contribution >= 4 is 17.8 Å². The first-order valence-electron chi connectivity index (χ1n) is 9.33. The van der Waals surface area contributed by atoms with Crippen molar-refractivity contribution in [2.75, 3.05) is 6.54 Å². The summed E-state index contributed by atoms with van der Waals surface area (Å²) in [6.07, 6.45) is 11.6. The molecule has 142 valence electrons. The molecule has 2 unspecified atom stereocenters. The Kier molecular flexibility index (Phi) is 6.95. The minimum absolute atomic E-state index is 0.318. The second kappa shape index (κ2) is 8.97. The molecule has 1 heterocycles. The van der Waals surface area contributed by atoms with E-state index in [-0.39, 0.29) is 23.7 Å². The number of carbonyl (C=O) groups is 3. The summed E-state index contributed by atoms with van der Waals surface area (Å²) in [6.45, 7) is 5.84. The maximum absolute atomic E-state index is 12.4. The lowest BCUT2D eigenvalue weighted by molar-refractivity contribution is -0.149. The maximum Gasteiger partial charge on any atom is 0.323 e. The van der Waals surface area contributed by atoms with Gasteiger partial charge in [-0.1, -0.05) is 34.9 Å². The highest BCUT2D eigenvalue weighted by molar-refractivity contribution is 6.07. The van der Waals surface area contributed by atoms with Crippen LogP contribution in [0.25, 0.3) is 0 Å². The summed E-state index contributed by atoms with van der Waals surface area (Å²) >= 11 is 0. The molecule has 0 aromatic heterocycles. The number of fused-ring (bicyclic) bond motifs is 1. The van der Waals surface area contributed by atoms with Crippen molar-refractivity contribution in [2.24, 2.45) is 11.8 Å². The van der Waals surface area contributed by atoms with Gasteiger partial charge in [-0.2, -0.15) is 0 Å². The van der Waals surface area contributed by atoms with Gasteiger partial charge in [0.25, 0.3) is 0 Å². The molecular weight excluding hydrogens is 330 g/mol. The zero-order chi connectivity index (χ0) is 19.3. The highest BCUT2D eigenvalue weighted by Gasteiger charge is 2.48. The molecule has 1 saturated heterocycles. The van der Waals surface area contributed by atoms with E-state index in [0.717, 1.165) is 30.6 Å². The third-order valence-electron chi connectivity index (χ3n) is 5.14. The quantitative estimate of drug-likeness (QED) is 0.527. The van der Waals surface area contributed by atoms with Crippen molar-refractivity contribution in [3.63, 3.8) is 0 Å². The molecule has 5 nitrogen and oxygen atoms in total. The molecule has 1 N–H and O–H groups in total. The van der Waals surface area contributed by atoms with Gasteiger partial charge in [-0.25, -0.2) is 0 Å².